The molecule has 218 valence electrons. The van der Waals surface area contributed by atoms with E-state index in [1.165, 1.54) is 12.3 Å². The average Bonchev–Trinajstić information content (AvgIpc) is 3.21. The molecule has 2 heterocycles. The summed E-state index contributed by atoms with van der Waals surface area (Å²) in [4.78, 5) is 30.6. The van der Waals surface area contributed by atoms with E-state index in [-0.39, 0.29) is 28.9 Å². The van der Waals surface area contributed by atoms with E-state index in [1.807, 2.05) is 42.5 Å². The van der Waals surface area contributed by atoms with E-state index in [0.717, 1.165) is 12.0 Å². The highest BCUT2D eigenvalue weighted by Crippen LogP contribution is 2.27. The van der Waals surface area contributed by atoms with Gasteiger partial charge in [-0.25, -0.2) is 9.78 Å². The van der Waals surface area contributed by atoms with Gasteiger partial charge in [0.05, 0.1) is 11.7 Å². The predicted molar refractivity (Wildman–Crippen MR) is 159 cm³/mol. The first kappa shape index (κ1) is 29.8. The third-order valence-electron chi connectivity index (χ3n) is 6.43. The molecule has 10 nitrogen and oxygen atoms in total. The summed E-state index contributed by atoms with van der Waals surface area (Å²) in [6.07, 6.45) is 1.42. The number of carbonyl (C=O) groups is 1. The molecule has 2 aromatic heterocycles. The van der Waals surface area contributed by atoms with Crippen LogP contribution in [-0.2, 0) is 13.0 Å². The number of aromatic amines is 1. The van der Waals surface area contributed by atoms with Crippen LogP contribution in [0, 0.1) is 5.41 Å². The first-order chi connectivity index (χ1) is 19.3. The maximum Gasteiger partial charge on any atom is 0.326 e. The highest BCUT2D eigenvalue weighted by molar-refractivity contribution is 5.90. The van der Waals surface area contributed by atoms with Crippen molar-refractivity contribution in [2.24, 2.45) is 11.1 Å². The Morgan fingerprint density at radius 1 is 1.07 bits per heavy atom. The number of imidazole rings is 1. The molecule has 1 amide bonds. The molecule has 5 N–H and O–H groups in total. The van der Waals surface area contributed by atoms with Gasteiger partial charge in [-0.05, 0) is 67.6 Å². The van der Waals surface area contributed by atoms with Gasteiger partial charge >= 0.3 is 5.69 Å². The number of β-amino-alcohol motifs (C(OH)–C–C–N with tert-alkyl or cyclic N) is 1. The molecule has 2 aromatic carbocycles. The molecule has 0 bridgehead atoms. The summed E-state index contributed by atoms with van der Waals surface area (Å²) in [6.45, 7) is 11.3. The van der Waals surface area contributed by atoms with Crippen LogP contribution in [-0.4, -0.2) is 50.3 Å². The van der Waals surface area contributed by atoms with Crippen molar-refractivity contribution in [2.45, 2.75) is 59.2 Å². The number of ether oxygens (including phenoxy) is 2. The minimum atomic E-state index is -0.753. The minimum Gasteiger partial charge on any atom is -0.489 e. The zero-order valence-electron chi connectivity index (χ0n) is 24.2. The summed E-state index contributed by atoms with van der Waals surface area (Å²) in [7, 11) is 0. The van der Waals surface area contributed by atoms with E-state index < -0.39 is 12.0 Å². The molecular weight excluding hydrogens is 522 g/mol. The van der Waals surface area contributed by atoms with Gasteiger partial charge < -0.3 is 30.6 Å². The van der Waals surface area contributed by atoms with Crippen molar-refractivity contribution in [2.75, 3.05) is 13.2 Å². The number of primary amides is 1. The number of fused-ring (bicyclic) bond motifs is 1. The number of nitrogens with one attached hydrogen (secondary N) is 2. The third kappa shape index (κ3) is 8.18. The van der Waals surface area contributed by atoms with E-state index in [9.17, 15) is 14.7 Å². The second-order valence-electron chi connectivity index (χ2n) is 12.1. The summed E-state index contributed by atoms with van der Waals surface area (Å²) in [5.41, 5.74) is 7.35. The third-order valence-corrected chi connectivity index (χ3v) is 6.43. The van der Waals surface area contributed by atoms with Crippen molar-refractivity contribution in [3.8, 4) is 17.2 Å². The van der Waals surface area contributed by atoms with Gasteiger partial charge in [-0.3, -0.25) is 9.36 Å². The Morgan fingerprint density at radius 3 is 2.41 bits per heavy atom. The predicted octanol–water partition coefficient (Wildman–Crippen LogP) is 4.01. The molecule has 0 saturated carbocycles. The van der Waals surface area contributed by atoms with Gasteiger partial charge in [-0.2, -0.15) is 0 Å². The van der Waals surface area contributed by atoms with Gasteiger partial charge in [0.15, 0.2) is 0 Å². The number of H-pyrrole nitrogens is 1. The van der Waals surface area contributed by atoms with Crippen LogP contribution in [0.1, 0.15) is 50.7 Å². The SMILES string of the molecule is CC(C)(C)Cn1c(=O)[nH]c2cccc(OC[C@@H](O)CNC(C)(C)Cc3ccc(Oc4ccc(C(N)=O)nc4)cc3)c21. The van der Waals surface area contributed by atoms with Gasteiger partial charge in [0.1, 0.15) is 41.2 Å². The number of aliphatic hydroxyl groups is 1. The number of rotatable bonds is 12. The molecule has 4 aromatic rings. The van der Waals surface area contributed by atoms with Gasteiger partial charge in [0.25, 0.3) is 5.91 Å². The zero-order chi connectivity index (χ0) is 29.8. The van der Waals surface area contributed by atoms with Crippen LogP contribution >= 0.6 is 0 Å². The summed E-state index contributed by atoms with van der Waals surface area (Å²) in [5, 5.41) is 14.1. The van der Waals surface area contributed by atoms with Crippen molar-refractivity contribution in [1.29, 1.82) is 0 Å². The van der Waals surface area contributed by atoms with Crippen molar-refractivity contribution in [3.63, 3.8) is 0 Å². The molecule has 1 atom stereocenters. The Balaban J connectivity index is 1.30. The van der Waals surface area contributed by atoms with Crippen LogP contribution in [0.15, 0.2) is 65.6 Å². The lowest BCUT2D eigenvalue weighted by Crippen LogP contribution is -2.46. The lowest BCUT2D eigenvalue weighted by atomic mass is 9.94. The molecule has 41 heavy (non-hydrogen) atoms. The van der Waals surface area contributed by atoms with E-state index in [4.69, 9.17) is 15.2 Å². The smallest absolute Gasteiger partial charge is 0.326 e. The summed E-state index contributed by atoms with van der Waals surface area (Å²) in [6, 6.07) is 16.4. The highest BCUT2D eigenvalue weighted by atomic mass is 16.5. The number of para-hydroxylation sites is 1. The molecular formula is C31H39N5O5. The summed E-state index contributed by atoms with van der Waals surface area (Å²) in [5.74, 6) is 1.12. The fourth-order valence-electron chi connectivity index (χ4n) is 4.54. The van der Waals surface area contributed by atoms with Crippen molar-refractivity contribution >= 4 is 16.9 Å². The van der Waals surface area contributed by atoms with E-state index in [2.05, 4.69) is 49.9 Å². The minimum absolute atomic E-state index is 0.0817. The number of nitrogens with two attached hydrogens (primary N) is 1. The van der Waals surface area contributed by atoms with Crippen molar-refractivity contribution in [3.05, 3.63) is 82.5 Å². The fraction of sp³-hybridized carbons (Fsp3) is 0.387. The first-order valence-corrected chi connectivity index (χ1v) is 13.6. The molecule has 4 rings (SSSR count). The molecule has 0 aliphatic carbocycles. The zero-order valence-corrected chi connectivity index (χ0v) is 24.2. The number of amides is 1. The summed E-state index contributed by atoms with van der Waals surface area (Å²) < 4.78 is 13.5. The lowest BCUT2D eigenvalue weighted by Gasteiger charge is -2.28. The van der Waals surface area contributed by atoms with Gasteiger partial charge in [0, 0.05) is 18.6 Å². The second-order valence-corrected chi connectivity index (χ2v) is 12.1. The first-order valence-electron chi connectivity index (χ1n) is 13.6. The van der Waals surface area contributed by atoms with Crippen LogP contribution in [0.4, 0.5) is 0 Å². The highest BCUT2D eigenvalue weighted by Gasteiger charge is 2.21. The molecule has 0 unspecified atom stereocenters. The Labute approximate surface area is 239 Å². The largest absolute Gasteiger partial charge is 0.489 e. The molecule has 0 radical (unpaired) electrons. The quantitative estimate of drug-likeness (QED) is 0.205. The number of aliphatic hydroxyl groups excluding tert-OH is 1. The van der Waals surface area contributed by atoms with Crippen LogP contribution in [0.25, 0.3) is 11.0 Å². The van der Waals surface area contributed by atoms with Crippen LogP contribution in [0.3, 0.4) is 0 Å². The van der Waals surface area contributed by atoms with E-state index >= 15 is 0 Å². The normalized spacial score (nSPS) is 12.8. The van der Waals surface area contributed by atoms with Crippen molar-refractivity contribution < 1.29 is 19.4 Å². The number of pyridine rings is 1. The number of benzene rings is 2. The number of carbonyl (C=O) groups excluding carboxylic acids is 1. The lowest BCUT2D eigenvalue weighted by molar-refractivity contribution is 0.0992. The molecule has 0 saturated heterocycles. The van der Waals surface area contributed by atoms with Crippen LogP contribution < -0.4 is 26.2 Å². The van der Waals surface area contributed by atoms with Crippen LogP contribution in [0.2, 0.25) is 0 Å². The second kappa shape index (κ2) is 12.2. The van der Waals surface area contributed by atoms with E-state index in [0.29, 0.717) is 41.4 Å². The number of hydrogen-bond donors (Lipinski definition) is 4. The molecule has 0 aliphatic rings. The maximum atomic E-state index is 12.6. The van der Waals surface area contributed by atoms with E-state index in [1.54, 1.807) is 10.6 Å². The Bertz CT molecular complexity index is 1530. The van der Waals surface area contributed by atoms with Crippen LogP contribution in [0.5, 0.6) is 17.2 Å². The molecule has 0 fully saturated rings. The maximum absolute atomic E-state index is 12.6. The summed E-state index contributed by atoms with van der Waals surface area (Å²) >= 11 is 0. The van der Waals surface area contributed by atoms with Gasteiger partial charge in [0.2, 0.25) is 0 Å². The van der Waals surface area contributed by atoms with Gasteiger partial charge in [-0.1, -0.05) is 39.0 Å². The number of hydrogen-bond acceptors (Lipinski definition) is 7. The molecule has 0 aliphatic heterocycles. The monoisotopic (exact) mass is 561 g/mol. The topological polar surface area (TPSA) is 144 Å². The Hall–Kier alpha value is -4.15. The number of nitrogens with zero attached hydrogens (tertiary/aromatic N) is 2. The fourth-order valence-corrected chi connectivity index (χ4v) is 4.54. The molecule has 10 heteroatoms. The Kier molecular flexibility index (Phi) is 8.84. The van der Waals surface area contributed by atoms with Crippen molar-refractivity contribution in [1.82, 2.24) is 19.9 Å². The Morgan fingerprint density at radius 2 is 1.78 bits per heavy atom. The average molecular weight is 562 g/mol. The van der Waals surface area contributed by atoms with Gasteiger partial charge in [-0.15, -0.1) is 0 Å². The standard InChI is InChI=1S/C31H39N5O5/c1-30(2,3)19-36-27-24(35-29(36)39)7-6-8-26(27)40-18-21(37)16-34-31(4,5)15-20-9-11-22(12-10-20)41-23-13-14-25(28(32)38)33-17-23/h6-14,17,21,34,37H,15-16,18-19H2,1-5H3,(H2,32,38)(H,35,39)/t21-/m0/s1. The molecule has 0 spiro atoms. The number of aromatic nitrogens is 3.